The molecule has 0 spiro atoms. The van der Waals surface area contributed by atoms with Crippen molar-refractivity contribution in [2.75, 3.05) is 20.2 Å². The van der Waals surface area contributed by atoms with Crippen LogP contribution in [0.3, 0.4) is 0 Å². The number of hydrogen-bond donors (Lipinski definition) is 3. The van der Waals surface area contributed by atoms with Crippen LogP contribution in [0, 0.1) is 5.92 Å². The van der Waals surface area contributed by atoms with Gasteiger partial charge in [0.25, 0.3) is 0 Å². The summed E-state index contributed by atoms with van der Waals surface area (Å²) < 4.78 is 0. The SMILES string of the molecule is CCC(C)C(NC(N)=O)C(=O)N(C)CCCO. The molecular weight excluding hydrogens is 222 g/mol. The lowest BCUT2D eigenvalue weighted by molar-refractivity contribution is -0.133. The standard InChI is InChI=1S/C11H23N3O3/c1-4-8(2)9(13-11(12)17)10(16)14(3)6-5-7-15/h8-9,15H,4-7H2,1-3H3,(H3,12,13,17). The van der Waals surface area contributed by atoms with E-state index in [1.807, 2.05) is 13.8 Å². The van der Waals surface area contributed by atoms with Gasteiger partial charge in [-0.05, 0) is 12.3 Å². The van der Waals surface area contributed by atoms with E-state index in [0.717, 1.165) is 6.42 Å². The first-order chi connectivity index (χ1) is 7.93. The Bertz CT molecular complexity index is 258. The summed E-state index contributed by atoms with van der Waals surface area (Å²) in [5.41, 5.74) is 5.06. The summed E-state index contributed by atoms with van der Waals surface area (Å²) in [6.45, 7) is 4.33. The van der Waals surface area contributed by atoms with Crippen molar-refractivity contribution < 1.29 is 14.7 Å². The topological polar surface area (TPSA) is 95.7 Å². The fourth-order valence-electron chi connectivity index (χ4n) is 1.49. The van der Waals surface area contributed by atoms with Crippen molar-refractivity contribution in [1.82, 2.24) is 10.2 Å². The van der Waals surface area contributed by atoms with E-state index in [1.165, 1.54) is 4.90 Å². The highest BCUT2D eigenvalue weighted by atomic mass is 16.3. The van der Waals surface area contributed by atoms with Gasteiger partial charge in [-0.15, -0.1) is 0 Å². The number of urea groups is 1. The number of carbonyl (C=O) groups is 2. The summed E-state index contributed by atoms with van der Waals surface area (Å²) in [6, 6.07) is -1.29. The van der Waals surface area contributed by atoms with Crippen LogP contribution in [0.4, 0.5) is 4.79 Å². The van der Waals surface area contributed by atoms with E-state index in [0.29, 0.717) is 13.0 Å². The number of nitrogens with one attached hydrogen (secondary N) is 1. The summed E-state index contributed by atoms with van der Waals surface area (Å²) in [6.07, 6.45) is 1.29. The van der Waals surface area contributed by atoms with Gasteiger partial charge in [0.05, 0.1) is 0 Å². The van der Waals surface area contributed by atoms with Crippen molar-refractivity contribution in [2.24, 2.45) is 11.7 Å². The number of likely N-dealkylation sites (N-methyl/N-ethyl adjacent to an activating group) is 1. The molecule has 0 aliphatic rings. The molecule has 0 aromatic carbocycles. The van der Waals surface area contributed by atoms with E-state index in [4.69, 9.17) is 10.8 Å². The summed E-state index contributed by atoms with van der Waals surface area (Å²) in [5.74, 6) is -0.154. The van der Waals surface area contributed by atoms with Crippen LogP contribution >= 0.6 is 0 Å². The smallest absolute Gasteiger partial charge is 0.312 e. The molecule has 17 heavy (non-hydrogen) atoms. The Morgan fingerprint density at radius 3 is 2.47 bits per heavy atom. The number of amides is 3. The van der Waals surface area contributed by atoms with Crippen molar-refractivity contribution in [3.05, 3.63) is 0 Å². The number of aliphatic hydroxyl groups excluding tert-OH is 1. The molecule has 0 fully saturated rings. The number of aliphatic hydroxyl groups is 1. The molecule has 0 aromatic heterocycles. The minimum atomic E-state index is -0.695. The second-order valence-electron chi connectivity index (χ2n) is 4.21. The molecule has 0 radical (unpaired) electrons. The van der Waals surface area contributed by atoms with Crippen LogP contribution in [0.15, 0.2) is 0 Å². The first-order valence-electron chi connectivity index (χ1n) is 5.85. The third-order valence-electron chi connectivity index (χ3n) is 2.80. The molecule has 0 aliphatic carbocycles. The quantitative estimate of drug-likeness (QED) is 0.585. The van der Waals surface area contributed by atoms with Crippen LogP contribution in [-0.2, 0) is 4.79 Å². The number of carbonyl (C=O) groups excluding carboxylic acids is 2. The Kier molecular flexibility index (Phi) is 7.29. The van der Waals surface area contributed by atoms with Gasteiger partial charge in [0, 0.05) is 20.2 Å². The van der Waals surface area contributed by atoms with E-state index >= 15 is 0 Å². The number of rotatable bonds is 7. The monoisotopic (exact) mass is 245 g/mol. The molecule has 0 rings (SSSR count). The predicted octanol–water partition coefficient (Wildman–Crippen LogP) is -0.0898. The van der Waals surface area contributed by atoms with Gasteiger partial charge >= 0.3 is 6.03 Å². The molecule has 0 saturated heterocycles. The minimum Gasteiger partial charge on any atom is -0.396 e. The van der Waals surface area contributed by atoms with E-state index in [1.54, 1.807) is 7.05 Å². The second-order valence-corrected chi connectivity index (χ2v) is 4.21. The number of hydrogen-bond acceptors (Lipinski definition) is 3. The Hall–Kier alpha value is -1.30. The highest BCUT2D eigenvalue weighted by molar-refractivity contribution is 5.86. The fraction of sp³-hybridized carbons (Fsp3) is 0.818. The fourth-order valence-corrected chi connectivity index (χ4v) is 1.49. The van der Waals surface area contributed by atoms with Crippen LogP contribution in [0.2, 0.25) is 0 Å². The first-order valence-corrected chi connectivity index (χ1v) is 5.85. The van der Waals surface area contributed by atoms with Gasteiger partial charge in [-0.1, -0.05) is 20.3 Å². The van der Waals surface area contributed by atoms with E-state index < -0.39 is 12.1 Å². The number of primary amides is 1. The Labute approximate surface area is 102 Å². The van der Waals surface area contributed by atoms with Gasteiger partial charge in [-0.3, -0.25) is 4.79 Å². The molecule has 3 amide bonds. The van der Waals surface area contributed by atoms with Crippen molar-refractivity contribution in [1.29, 1.82) is 0 Å². The summed E-state index contributed by atoms with van der Waals surface area (Å²) in [5, 5.41) is 11.2. The zero-order valence-corrected chi connectivity index (χ0v) is 10.8. The predicted molar refractivity (Wildman–Crippen MR) is 65.3 cm³/mol. The third-order valence-corrected chi connectivity index (χ3v) is 2.80. The summed E-state index contributed by atoms with van der Waals surface area (Å²) in [4.78, 5) is 24.4. The molecule has 0 saturated carbocycles. The van der Waals surface area contributed by atoms with Gasteiger partial charge in [0.2, 0.25) is 5.91 Å². The normalized spacial score (nSPS) is 13.9. The zero-order valence-electron chi connectivity index (χ0n) is 10.8. The summed E-state index contributed by atoms with van der Waals surface area (Å²) >= 11 is 0. The van der Waals surface area contributed by atoms with Gasteiger partial charge in [-0.2, -0.15) is 0 Å². The molecule has 100 valence electrons. The van der Waals surface area contributed by atoms with E-state index in [9.17, 15) is 9.59 Å². The lowest BCUT2D eigenvalue weighted by Gasteiger charge is -2.27. The van der Waals surface area contributed by atoms with Crippen LogP contribution in [0.1, 0.15) is 26.7 Å². The Morgan fingerprint density at radius 1 is 1.47 bits per heavy atom. The highest BCUT2D eigenvalue weighted by Crippen LogP contribution is 2.10. The van der Waals surface area contributed by atoms with Gasteiger partial charge in [-0.25, -0.2) is 4.79 Å². The van der Waals surface area contributed by atoms with E-state index in [-0.39, 0.29) is 18.4 Å². The molecule has 4 N–H and O–H groups in total. The van der Waals surface area contributed by atoms with Crippen LogP contribution in [-0.4, -0.2) is 48.2 Å². The maximum atomic E-state index is 12.1. The molecule has 0 bridgehead atoms. The summed E-state index contributed by atoms with van der Waals surface area (Å²) in [7, 11) is 1.65. The average Bonchev–Trinajstić information content (AvgIpc) is 2.30. The second kappa shape index (κ2) is 7.89. The van der Waals surface area contributed by atoms with Crippen LogP contribution in [0.25, 0.3) is 0 Å². The van der Waals surface area contributed by atoms with Crippen LogP contribution in [0.5, 0.6) is 0 Å². The molecule has 6 heteroatoms. The third kappa shape index (κ3) is 5.53. The van der Waals surface area contributed by atoms with Gasteiger partial charge in [0.15, 0.2) is 0 Å². The Morgan fingerprint density at radius 2 is 2.06 bits per heavy atom. The zero-order chi connectivity index (χ0) is 13.4. The first kappa shape index (κ1) is 15.7. The van der Waals surface area contributed by atoms with Crippen molar-refractivity contribution >= 4 is 11.9 Å². The molecule has 0 aromatic rings. The molecule has 6 nitrogen and oxygen atoms in total. The number of nitrogens with zero attached hydrogens (tertiary/aromatic N) is 1. The maximum absolute atomic E-state index is 12.1. The maximum Gasteiger partial charge on any atom is 0.312 e. The Balaban J connectivity index is 4.56. The van der Waals surface area contributed by atoms with Gasteiger partial charge in [0.1, 0.15) is 6.04 Å². The molecule has 2 unspecified atom stereocenters. The number of nitrogens with two attached hydrogens (primary N) is 1. The lowest BCUT2D eigenvalue weighted by atomic mass is 9.98. The van der Waals surface area contributed by atoms with Crippen molar-refractivity contribution in [3.8, 4) is 0 Å². The highest BCUT2D eigenvalue weighted by Gasteiger charge is 2.27. The molecule has 0 heterocycles. The van der Waals surface area contributed by atoms with Crippen molar-refractivity contribution in [3.63, 3.8) is 0 Å². The lowest BCUT2D eigenvalue weighted by Crippen LogP contribution is -2.52. The van der Waals surface area contributed by atoms with Gasteiger partial charge < -0.3 is 21.1 Å². The van der Waals surface area contributed by atoms with Crippen LogP contribution < -0.4 is 11.1 Å². The molecule has 0 aliphatic heterocycles. The molecule has 2 atom stereocenters. The van der Waals surface area contributed by atoms with E-state index in [2.05, 4.69) is 5.32 Å². The minimum absolute atomic E-state index is 0.0200. The van der Waals surface area contributed by atoms with Crippen molar-refractivity contribution in [2.45, 2.75) is 32.7 Å². The molecular formula is C11H23N3O3. The largest absolute Gasteiger partial charge is 0.396 e. The average molecular weight is 245 g/mol.